The van der Waals surface area contributed by atoms with Crippen molar-refractivity contribution in [3.05, 3.63) is 23.8 Å². The molecule has 0 atom stereocenters. The molecule has 1 aromatic rings. The van der Waals surface area contributed by atoms with Gasteiger partial charge in [-0.25, -0.2) is 4.79 Å². The van der Waals surface area contributed by atoms with Crippen LogP contribution in [0.1, 0.15) is 39.2 Å². The van der Waals surface area contributed by atoms with E-state index in [2.05, 4.69) is 0 Å². The van der Waals surface area contributed by atoms with Crippen molar-refractivity contribution in [2.75, 3.05) is 20.2 Å². The topological polar surface area (TPSA) is 59.0 Å². The quantitative estimate of drug-likeness (QED) is 0.924. The van der Waals surface area contributed by atoms with Gasteiger partial charge in [-0.3, -0.25) is 0 Å². The standard InChI is InChI=1S/C18H27NO4/c1-18(2,3)23-17(21)19-9-7-13(8-10-19)11-14-12-15(22-4)5-6-16(14)20/h5-6,12-13,20H,7-11H2,1-4H3. The number of hydrogen-bond acceptors (Lipinski definition) is 4. The molecule has 0 saturated carbocycles. The van der Waals surface area contributed by atoms with E-state index < -0.39 is 5.60 Å². The lowest BCUT2D eigenvalue weighted by Gasteiger charge is -2.33. The van der Waals surface area contributed by atoms with Crippen LogP contribution in [-0.2, 0) is 11.2 Å². The molecule has 0 radical (unpaired) electrons. The molecule has 1 aliphatic rings. The van der Waals surface area contributed by atoms with Crippen LogP contribution in [0, 0.1) is 5.92 Å². The van der Waals surface area contributed by atoms with Gasteiger partial charge in [-0.2, -0.15) is 0 Å². The average molecular weight is 321 g/mol. The first-order chi connectivity index (χ1) is 10.8. The van der Waals surface area contributed by atoms with Gasteiger partial charge < -0.3 is 19.5 Å². The molecule has 1 N–H and O–H groups in total. The number of likely N-dealkylation sites (tertiary alicyclic amines) is 1. The van der Waals surface area contributed by atoms with Crippen LogP contribution < -0.4 is 4.74 Å². The van der Waals surface area contributed by atoms with Crippen molar-refractivity contribution in [2.24, 2.45) is 5.92 Å². The van der Waals surface area contributed by atoms with Crippen molar-refractivity contribution < 1.29 is 19.4 Å². The number of ether oxygens (including phenoxy) is 2. The Morgan fingerprint density at radius 3 is 2.52 bits per heavy atom. The number of phenolic OH excluding ortho intramolecular Hbond substituents is 1. The molecule has 128 valence electrons. The minimum atomic E-state index is -0.458. The van der Waals surface area contributed by atoms with E-state index in [0.29, 0.717) is 24.8 Å². The number of aromatic hydroxyl groups is 1. The van der Waals surface area contributed by atoms with Crippen LogP contribution in [0.4, 0.5) is 4.79 Å². The molecule has 1 aromatic carbocycles. The predicted molar refractivity (Wildman–Crippen MR) is 88.9 cm³/mol. The summed E-state index contributed by atoms with van der Waals surface area (Å²) in [7, 11) is 1.62. The number of nitrogens with zero attached hydrogens (tertiary/aromatic N) is 1. The average Bonchev–Trinajstić information content (AvgIpc) is 2.48. The van der Waals surface area contributed by atoms with Gasteiger partial charge in [0.2, 0.25) is 0 Å². The third-order valence-electron chi connectivity index (χ3n) is 4.06. The maximum absolute atomic E-state index is 12.1. The summed E-state index contributed by atoms with van der Waals surface area (Å²) in [4.78, 5) is 13.8. The van der Waals surface area contributed by atoms with Gasteiger partial charge in [-0.1, -0.05) is 0 Å². The highest BCUT2D eigenvalue weighted by Crippen LogP contribution is 2.29. The molecule has 2 rings (SSSR count). The van der Waals surface area contributed by atoms with Crippen molar-refractivity contribution in [1.29, 1.82) is 0 Å². The molecular formula is C18H27NO4. The minimum Gasteiger partial charge on any atom is -0.508 e. The maximum Gasteiger partial charge on any atom is 0.410 e. The fraction of sp³-hybridized carbons (Fsp3) is 0.611. The molecule has 1 fully saturated rings. The summed E-state index contributed by atoms with van der Waals surface area (Å²) < 4.78 is 10.6. The zero-order valence-electron chi connectivity index (χ0n) is 14.5. The summed E-state index contributed by atoms with van der Waals surface area (Å²) in [6, 6.07) is 5.31. The Kier molecular flexibility index (Phi) is 5.39. The van der Waals surface area contributed by atoms with Gasteiger partial charge in [0.1, 0.15) is 17.1 Å². The second kappa shape index (κ2) is 7.11. The smallest absolute Gasteiger partial charge is 0.410 e. The van der Waals surface area contributed by atoms with Crippen LogP contribution in [0.5, 0.6) is 11.5 Å². The van der Waals surface area contributed by atoms with Crippen molar-refractivity contribution in [2.45, 2.75) is 45.6 Å². The summed E-state index contributed by atoms with van der Waals surface area (Å²) in [5.41, 5.74) is 0.445. The fourth-order valence-corrected chi connectivity index (χ4v) is 2.81. The molecule has 1 aliphatic heterocycles. The first-order valence-corrected chi connectivity index (χ1v) is 8.12. The first-order valence-electron chi connectivity index (χ1n) is 8.12. The van der Waals surface area contributed by atoms with Gasteiger partial charge >= 0.3 is 6.09 Å². The van der Waals surface area contributed by atoms with Gasteiger partial charge in [0.25, 0.3) is 0 Å². The van der Waals surface area contributed by atoms with E-state index in [1.807, 2.05) is 26.8 Å². The number of amides is 1. The highest BCUT2D eigenvalue weighted by atomic mass is 16.6. The molecule has 0 bridgehead atoms. The highest BCUT2D eigenvalue weighted by molar-refractivity contribution is 5.68. The number of phenols is 1. The zero-order chi connectivity index (χ0) is 17.0. The molecular weight excluding hydrogens is 294 g/mol. The third kappa shape index (κ3) is 5.05. The van der Waals surface area contributed by atoms with Crippen molar-refractivity contribution in [1.82, 2.24) is 4.90 Å². The van der Waals surface area contributed by atoms with Gasteiger partial charge in [-0.15, -0.1) is 0 Å². The second-order valence-electron chi connectivity index (χ2n) is 7.11. The van der Waals surface area contributed by atoms with Gasteiger partial charge in [0.15, 0.2) is 0 Å². The van der Waals surface area contributed by atoms with Gasteiger partial charge in [-0.05, 0) is 69.7 Å². The SMILES string of the molecule is COc1ccc(O)c(CC2CCN(C(=O)OC(C)(C)C)CC2)c1. The predicted octanol–water partition coefficient (Wildman–Crippen LogP) is 3.59. The Labute approximate surface area is 138 Å². The fourth-order valence-electron chi connectivity index (χ4n) is 2.81. The molecule has 0 aromatic heterocycles. The van der Waals surface area contributed by atoms with Crippen LogP contribution in [0.3, 0.4) is 0 Å². The lowest BCUT2D eigenvalue weighted by atomic mass is 9.90. The zero-order valence-corrected chi connectivity index (χ0v) is 14.5. The van der Waals surface area contributed by atoms with E-state index >= 15 is 0 Å². The number of hydrogen-bond donors (Lipinski definition) is 1. The monoisotopic (exact) mass is 321 g/mol. The second-order valence-corrected chi connectivity index (χ2v) is 7.11. The number of carbonyl (C=O) groups excluding carboxylic acids is 1. The Morgan fingerprint density at radius 1 is 1.30 bits per heavy atom. The highest BCUT2D eigenvalue weighted by Gasteiger charge is 2.27. The largest absolute Gasteiger partial charge is 0.508 e. The maximum atomic E-state index is 12.1. The molecule has 1 amide bonds. The minimum absolute atomic E-state index is 0.236. The van der Waals surface area contributed by atoms with Crippen molar-refractivity contribution in [3.63, 3.8) is 0 Å². The van der Waals surface area contributed by atoms with E-state index in [0.717, 1.165) is 30.6 Å². The van der Waals surface area contributed by atoms with Crippen LogP contribution in [0.25, 0.3) is 0 Å². The molecule has 1 heterocycles. The number of methoxy groups -OCH3 is 1. The molecule has 5 heteroatoms. The number of carbonyl (C=O) groups is 1. The number of piperidine rings is 1. The molecule has 0 unspecified atom stereocenters. The van der Waals surface area contributed by atoms with E-state index in [9.17, 15) is 9.90 Å². The normalized spacial score (nSPS) is 16.3. The summed E-state index contributed by atoms with van der Waals surface area (Å²) in [6.07, 6.45) is 2.39. The van der Waals surface area contributed by atoms with E-state index in [-0.39, 0.29) is 6.09 Å². The molecule has 23 heavy (non-hydrogen) atoms. The van der Waals surface area contributed by atoms with Crippen LogP contribution in [0.2, 0.25) is 0 Å². The van der Waals surface area contributed by atoms with Gasteiger partial charge in [0, 0.05) is 13.1 Å². The summed E-state index contributed by atoms with van der Waals surface area (Å²) >= 11 is 0. The Balaban J connectivity index is 1.89. The molecule has 1 saturated heterocycles. The summed E-state index contributed by atoms with van der Waals surface area (Å²) in [6.45, 7) is 7.03. The third-order valence-corrected chi connectivity index (χ3v) is 4.06. The Hall–Kier alpha value is -1.91. The van der Waals surface area contributed by atoms with Crippen molar-refractivity contribution in [3.8, 4) is 11.5 Å². The van der Waals surface area contributed by atoms with E-state index in [1.165, 1.54) is 0 Å². The first kappa shape index (κ1) is 17.4. The summed E-state index contributed by atoms with van der Waals surface area (Å²) in [5, 5.41) is 9.99. The molecule has 5 nitrogen and oxygen atoms in total. The summed E-state index contributed by atoms with van der Waals surface area (Å²) in [5.74, 6) is 1.51. The van der Waals surface area contributed by atoms with E-state index in [4.69, 9.17) is 9.47 Å². The number of benzene rings is 1. The molecule has 0 aliphatic carbocycles. The molecule has 0 spiro atoms. The van der Waals surface area contributed by atoms with Crippen molar-refractivity contribution >= 4 is 6.09 Å². The van der Waals surface area contributed by atoms with Crippen LogP contribution >= 0.6 is 0 Å². The van der Waals surface area contributed by atoms with E-state index in [1.54, 1.807) is 24.1 Å². The lowest BCUT2D eigenvalue weighted by molar-refractivity contribution is 0.0184. The Morgan fingerprint density at radius 2 is 1.96 bits per heavy atom. The Bertz CT molecular complexity index is 542. The number of rotatable bonds is 3. The lowest BCUT2D eigenvalue weighted by Crippen LogP contribution is -2.42. The van der Waals surface area contributed by atoms with Gasteiger partial charge in [0.05, 0.1) is 7.11 Å². The van der Waals surface area contributed by atoms with Crippen LogP contribution in [-0.4, -0.2) is 41.9 Å². The van der Waals surface area contributed by atoms with Crippen LogP contribution in [0.15, 0.2) is 18.2 Å².